The molecular formula is C13H13ClN2O. The Morgan fingerprint density at radius 2 is 2.12 bits per heavy atom. The zero-order chi connectivity index (χ0) is 12.3. The summed E-state index contributed by atoms with van der Waals surface area (Å²) >= 11 is 6.23. The molecule has 0 N–H and O–H groups in total. The molecule has 1 atom stereocenters. The molecule has 4 heteroatoms. The molecule has 1 unspecified atom stereocenters. The molecule has 1 heterocycles. The van der Waals surface area contributed by atoms with E-state index in [0.717, 1.165) is 16.8 Å². The fourth-order valence-electron chi connectivity index (χ4n) is 1.60. The second kappa shape index (κ2) is 5.25. The second-order valence-electron chi connectivity index (χ2n) is 3.71. The van der Waals surface area contributed by atoms with Crippen LogP contribution in [0, 0.1) is 0 Å². The number of hydrogen-bond acceptors (Lipinski definition) is 3. The lowest BCUT2D eigenvalue weighted by molar-refractivity contribution is 0.119. The van der Waals surface area contributed by atoms with Crippen LogP contribution in [0.5, 0.6) is 0 Å². The predicted octanol–water partition coefficient (Wildman–Crippen LogP) is 3.50. The van der Waals surface area contributed by atoms with Crippen LogP contribution in [0.25, 0.3) is 11.3 Å². The molecule has 0 amide bonds. The Balaban J connectivity index is 2.38. The molecule has 88 valence electrons. The minimum atomic E-state index is -0.0121. The summed E-state index contributed by atoms with van der Waals surface area (Å²) in [6.07, 6.45) is 3.22. The Morgan fingerprint density at radius 1 is 1.29 bits per heavy atom. The number of hydrogen-bond donors (Lipinski definition) is 0. The average molecular weight is 249 g/mol. The number of halogens is 1. The van der Waals surface area contributed by atoms with Gasteiger partial charge in [-0.15, -0.1) is 0 Å². The molecule has 0 saturated heterocycles. The standard InChI is InChI=1S/C13H13ClN2O/c1-9(17-2)11-4-3-10(7-12(11)14)13-5-6-15-8-16-13/h3-9H,1-2H3. The van der Waals surface area contributed by atoms with Crippen molar-refractivity contribution in [3.05, 3.63) is 47.4 Å². The summed E-state index contributed by atoms with van der Waals surface area (Å²) in [7, 11) is 1.67. The number of rotatable bonds is 3. The molecule has 17 heavy (non-hydrogen) atoms. The van der Waals surface area contributed by atoms with Gasteiger partial charge in [0.2, 0.25) is 0 Å². The Labute approximate surface area is 105 Å². The number of methoxy groups -OCH3 is 1. The van der Waals surface area contributed by atoms with Gasteiger partial charge in [0.05, 0.1) is 11.8 Å². The van der Waals surface area contributed by atoms with E-state index in [0.29, 0.717) is 5.02 Å². The van der Waals surface area contributed by atoms with Crippen LogP contribution in [0.15, 0.2) is 36.8 Å². The van der Waals surface area contributed by atoms with Gasteiger partial charge in [-0.3, -0.25) is 0 Å². The van der Waals surface area contributed by atoms with E-state index in [1.54, 1.807) is 13.3 Å². The van der Waals surface area contributed by atoms with Crippen LogP contribution < -0.4 is 0 Å². The van der Waals surface area contributed by atoms with Crippen molar-refractivity contribution in [2.75, 3.05) is 7.11 Å². The number of ether oxygens (including phenoxy) is 1. The molecule has 1 aromatic carbocycles. The van der Waals surface area contributed by atoms with Gasteiger partial charge in [-0.25, -0.2) is 9.97 Å². The van der Waals surface area contributed by atoms with Crippen LogP contribution in [0.3, 0.4) is 0 Å². The van der Waals surface area contributed by atoms with Gasteiger partial charge in [0.25, 0.3) is 0 Å². The quantitative estimate of drug-likeness (QED) is 0.834. The van der Waals surface area contributed by atoms with E-state index >= 15 is 0 Å². The molecule has 0 spiro atoms. The lowest BCUT2D eigenvalue weighted by atomic mass is 10.1. The fraction of sp³-hybridized carbons (Fsp3) is 0.231. The number of nitrogens with zero attached hydrogens (tertiary/aromatic N) is 2. The van der Waals surface area contributed by atoms with E-state index in [9.17, 15) is 0 Å². The third-order valence-electron chi connectivity index (χ3n) is 2.67. The van der Waals surface area contributed by atoms with E-state index in [1.807, 2.05) is 31.2 Å². The van der Waals surface area contributed by atoms with Crippen molar-refractivity contribution >= 4 is 11.6 Å². The Bertz CT molecular complexity index is 502. The number of aromatic nitrogens is 2. The van der Waals surface area contributed by atoms with E-state index in [2.05, 4.69) is 9.97 Å². The van der Waals surface area contributed by atoms with Gasteiger partial charge >= 0.3 is 0 Å². The highest BCUT2D eigenvalue weighted by Gasteiger charge is 2.10. The summed E-state index contributed by atoms with van der Waals surface area (Å²) in [5.41, 5.74) is 2.81. The maximum atomic E-state index is 6.23. The summed E-state index contributed by atoms with van der Waals surface area (Å²) in [6, 6.07) is 7.70. The first-order chi connectivity index (χ1) is 8.22. The monoisotopic (exact) mass is 248 g/mol. The van der Waals surface area contributed by atoms with Gasteiger partial charge in [0.1, 0.15) is 6.33 Å². The Kier molecular flexibility index (Phi) is 3.71. The van der Waals surface area contributed by atoms with Gasteiger partial charge in [-0.2, -0.15) is 0 Å². The highest BCUT2D eigenvalue weighted by Crippen LogP contribution is 2.29. The molecule has 0 saturated carbocycles. The van der Waals surface area contributed by atoms with E-state index in [1.165, 1.54) is 6.33 Å². The highest BCUT2D eigenvalue weighted by atomic mass is 35.5. The molecule has 1 aromatic heterocycles. The van der Waals surface area contributed by atoms with Crippen LogP contribution >= 0.6 is 11.6 Å². The molecule has 0 aliphatic rings. The van der Waals surface area contributed by atoms with Crippen molar-refractivity contribution in [1.29, 1.82) is 0 Å². The molecule has 0 aliphatic carbocycles. The third-order valence-corrected chi connectivity index (χ3v) is 3.00. The third kappa shape index (κ3) is 2.62. The van der Waals surface area contributed by atoms with Crippen molar-refractivity contribution in [2.45, 2.75) is 13.0 Å². The topological polar surface area (TPSA) is 35.0 Å². The van der Waals surface area contributed by atoms with Crippen molar-refractivity contribution in [3.63, 3.8) is 0 Å². The Morgan fingerprint density at radius 3 is 2.71 bits per heavy atom. The first-order valence-corrected chi connectivity index (χ1v) is 5.69. The highest BCUT2D eigenvalue weighted by molar-refractivity contribution is 6.31. The van der Waals surface area contributed by atoms with Gasteiger partial charge in [-0.05, 0) is 24.6 Å². The predicted molar refractivity (Wildman–Crippen MR) is 67.9 cm³/mol. The van der Waals surface area contributed by atoms with Crippen molar-refractivity contribution in [1.82, 2.24) is 9.97 Å². The molecule has 0 bridgehead atoms. The normalized spacial score (nSPS) is 12.4. The molecule has 0 aliphatic heterocycles. The minimum absolute atomic E-state index is 0.0121. The van der Waals surface area contributed by atoms with Crippen molar-refractivity contribution in [2.24, 2.45) is 0 Å². The lowest BCUT2D eigenvalue weighted by Gasteiger charge is -2.12. The minimum Gasteiger partial charge on any atom is -0.377 e. The zero-order valence-corrected chi connectivity index (χ0v) is 10.5. The van der Waals surface area contributed by atoms with Gasteiger partial charge in [0, 0.05) is 23.9 Å². The van der Waals surface area contributed by atoms with Gasteiger partial charge in [-0.1, -0.05) is 23.7 Å². The van der Waals surface area contributed by atoms with E-state index in [-0.39, 0.29) is 6.10 Å². The summed E-state index contributed by atoms with van der Waals surface area (Å²) in [4.78, 5) is 8.07. The first-order valence-electron chi connectivity index (χ1n) is 5.31. The summed E-state index contributed by atoms with van der Waals surface area (Å²) in [5.74, 6) is 0. The molecule has 2 rings (SSSR count). The van der Waals surface area contributed by atoms with Gasteiger partial charge in [0.15, 0.2) is 0 Å². The summed E-state index contributed by atoms with van der Waals surface area (Å²) in [5, 5.41) is 0.690. The molecule has 0 fully saturated rings. The Hall–Kier alpha value is -1.45. The molecule has 2 aromatic rings. The van der Waals surface area contributed by atoms with Crippen molar-refractivity contribution in [3.8, 4) is 11.3 Å². The maximum absolute atomic E-state index is 6.23. The maximum Gasteiger partial charge on any atom is 0.116 e. The first kappa shape index (κ1) is 12.0. The molecular weight excluding hydrogens is 236 g/mol. The zero-order valence-electron chi connectivity index (χ0n) is 9.72. The second-order valence-corrected chi connectivity index (χ2v) is 4.12. The van der Waals surface area contributed by atoms with Crippen LogP contribution in [-0.2, 0) is 4.74 Å². The largest absolute Gasteiger partial charge is 0.377 e. The van der Waals surface area contributed by atoms with Crippen LogP contribution in [0.4, 0.5) is 0 Å². The van der Waals surface area contributed by atoms with Gasteiger partial charge < -0.3 is 4.74 Å². The molecule has 0 radical (unpaired) electrons. The lowest BCUT2D eigenvalue weighted by Crippen LogP contribution is -1.97. The van der Waals surface area contributed by atoms with Crippen LogP contribution in [0.1, 0.15) is 18.6 Å². The smallest absolute Gasteiger partial charge is 0.116 e. The summed E-state index contributed by atoms with van der Waals surface area (Å²) < 4.78 is 5.25. The van der Waals surface area contributed by atoms with Crippen LogP contribution in [-0.4, -0.2) is 17.1 Å². The average Bonchev–Trinajstić information content (AvgIpc) is 2.39. The van der Waals surface area contributed by atoms with E-state index < -0.39 is 0 Å². The SMILES string of the molecule is COC(C)c1ccc(-c2ccncn2)cc1Cl. The van der Waals surface area contributed by atoms with Crippen molar-refractivity contribution < 1.29 is 4.74 Å². The number of benzene rings is 1. The van der Waals surface area contributed by atoms with Crippen LogP contribution in [0.2, 0.25) is 5.02 Å². The van der Waals surface area contributed by atoms with E-state index in [4.69, 9.17) is 16.3 Å². The fourth-order valence-corrected chi connectivity index (χ4v) is 1.94. The molecule has 3 nitrogen and oxygen atoms in total. The summed E-state index contributed by atoms with van der Waals surface area (Å²) in [6.45, 7) is 1.96.